The first-order chi connectivity index (χ1) is 9.63. The predicted molar refractivity (Wildman–Crippen MR) is 76.9 cm³/mol. The van der Waals surface area contributed by atoms with E-state index in [2.05, 4.69) is 5.32 Å². The number of halogens is 2. The Morgan fingerprint density at radius 2 is 2.10 bits per heavy atom. The summed E-state index contributed by atoms with van der Waals surface area (Å²) in [6.07, 6.45) is 0. The molecule has 1 N–H and O–H groups in total. The van der Waals surface area contributed by atoms with E-state index >= 15 is 0 Å². The lowest BCUT2D eigenvalue weighted by molar-refractivity contribution is 0.102. The second kappa shape index (κ2) is 6.39. The summed E-state index contributed by atoms with van der Waals surface area (Å²) < 4.78 is 18.6. The molecule has 0 aliphatic heterocycles. The van der Waals surface area contributed by atoms with Gasteiger partial charge in [-0.25, -0.2) is 4.39 Å². The van der Waals surface area contributed by atoms with Crippen molar-refractivity contribution >= 4 is 23.2 Å². The van der Waals surface area contributed by atoms with Gasteiger partial charge >= 0.3 is 0 Å². The number of benzene rings is 2. The van der Waals surface area contributed by atoms with Crippen molar-refractivity contribution in [2.45, 2.75) is 5.88 Å². The number of hydrogen-bond acceptors (Lipinski definition) is 2. The van der Waals surface area contributed by atoms with E-state index in [9.17, 15) is 9.18 Å². The van der Waals surface area contributed by atoms with E-state index in [1.807, 2.05) is 6.07 Å². The molecule has 5 heteroatoms. The van der Waals surface area contributed by atoms with E-state index in [1.54, 1.807) is 18.2 Å². The summed E-state index contributed by atoms with van der Waals surface area (Å²) in [7, 11) is 1.47. The third-order valence-electron chi connectivity index (χ3n) is 2.77. The standard InChI is InChI=1S/C15H13ClFNO2/c1-20-12-5-6-13(17)14(8-12)18-15(19)11-4-2-3-10(7-11)9-16/h2-8H,9H2,1H3,(H,18,19). The van der Waals surface area contributed by atoms with E-state index in [1.165, 1.54) is 25.3 Å². The van der Waals surface area contributed by atoms with Crippen LogP contribution in [0.4, 0.5) is 10.1 Å². The Kier molecular flexibility index (Phi) is 4.58. The molecule has 1 amide bonds. The molecule has 0 bridgehead atoms. The van der Waals surface area contributed by atoms with Gasteiger partial charge in [0.05, 0.1) is 12.8 Å². The zero-order valence-electron chi connectivity index (χ0n) is 10.8. The molecule has 104 valence electrons. The van der Waals surface area contributed by atoms with Gasteiger partial charge in [-0.05, 0) is 29.8 Å². The summed E-state index contributed by atoms with van der Waals surface area (Å²) in [6.45, 7) is 0. The molecule has 0 saturated carbocycles. The molecule has 0 aliphatic carbocycles. The van der Waals surface area contributed by atoms with Crippen molar-refractivity contribution in [3.63, 3.8) is 0 Å². The Bertz CT molecular complexity index is 631. The van der Waals surface area contributed by atoms with Crippen molar-refractivity contribution in [3.8, 4) is 5.75 Å². The SMILES string of the molecule is COc1ccc(F)c(NC(=O)c2cccc(CCl)c2)c1. The van der Waals surface area contributed by atoms with Crippen LogP contribution in [0.5, 0.6) is 5.75 Å². The summed E-state index contributed by atoms with van der Waals surface area (Å²) >= 11 is 5.72. The summed E-state index contributed by atoms with van der Waals surface area (Å²) in [5, 5.41) is 2.52. The highest BCUT2D eigenvalue weighted by molar-refractivity contribution is 6.17. The molecule has 2 aromatic rings. The van der Waals surface area contributed by atoms with Gasteiger partial charge in [-0.2, -0.15) is 0 Å². The predicted octanol–water partition coefficient (Wildman–Crippen LogP) is 3.83. The van der Waals surface area contributed by atoms with E-state index < -0.39 is 11.7 Å². The van der Waals surface area contributed by atoms with Crippen LogP contribution in [0.1, 0.15) is 15.9 Å². The van der Waals surface area contributed by atoms with E-state index in [-0.39, 0.29) is 5.69 Å². The van der Waals surface area contributed by atoms with Gasteiger partial charge in [-0.1, -0.05) is 12.1 Å². The molecule has 0 saturated heterocycles. The molecule has 0 fully saturated rings. The molecule has 20 heavy (non-hydrogen) atoms. The number of anilines is 1. The number of ether oxygens (including phenoxy) is 1. The van der Waals surface area contributed by atoms with Gasteiger partial charge in [0.1, 0.15) is 11.6 Å². The lowest BCUT2D eigenvalue weighted by atomic mass is 10.1. The number of carbonyl (C=O) groups is 1. The average molecular weight is 294 g/mol. The number of rotatable bonds is 4. The molecular formula is C15H13ClFNO2. The first kappa shape index (κ1) is 14.3. The third-order valence-corrected chi connectivity index (χ3v) is 3.07. The van der Waals surface area contributed by atoms with Crippen LogP contribution in [0.2, 0.25) is 0 Å². The molecule has 3 nitrogen and oxygen atoms in total. The fourth-order valence-electron chi connectivity index (χ4n) is 1.72. The molecule has 0 aliphatic rings. The fraction of sp³-hybridized carbons (Fsp3) is 0.133. The van der Waals surface area contributed by atoms with Crippen LogP contribution in [0, 0.1) is 5.82 Å². The van der Waals surface area contributed by atoms with E-state index in [0.29, 0.717) is 17.2 Å². The number of methoxy groups -OCH3 is 1. The smallest absolute Gasteiger partial charge is 0.255 e. The van der Waals surface area contributed by atoms with Crippen molar-refractivity contribution < 1.29 is 13.9 Å². The van der Waals surface area contributed by atoms with Gasteiger partial charge in [0.25, 0.3) is 5.91 Å². The van der Waals surface area contributed by atoms with Crippen molar-refractivity contribution in [2.24, 2.45) is 0 Å². The number of nitrogens with one attached hydrogen (secondary N) is 1. The van der Waals surface area contributed by atoms with E-state index in [4.69, 9.17) is 16.3 Å². The fourth-order valence-corrected chi connectivity index (χ4v) is 1.88. The largest absolute Gasteiger partial charge is 0.497 e. The van der Waals surface area contributed by atoms with Crippen LogP contribution >= 0.6 is 11.6 Å². The molecule has 0 aromatic heterocycles. The van der Waals surface area contributed by atoms with Crippen molar-refractivity contribution in [1.82, 2.24) is 0 Å². The lowest BCUT2D eigenvalue weighted by Crippen LogP contribution is -2.13. The van der Waals surface area contributed by atoms with Crippen molar-refractivity contribution in [1.29, 1.82) is 0 Å². The second-order valence-corrected chi connectivity index (χ2v) is 4.40. The minimum absolute atomic E-state index is 0.0747. The maximum Gasteiger partial charge on any atom is 0.255 e. The minimum Gasteiger partial charge on any atom is -0.497 e. The van der Waals surface area contributed by atoms with Crippen LogP contribution in [-0.2, 0) is 5.88 Å². The van der Waals surface area contributed by atoms with Gasteiger partial charge in [0, 0.05) is 17.5 Å². The molecule has 0 spiro atoms. The Hall–Kier alpha value is -2.07. The quantitative estimate of drug-likeness (QED) is 0.870. The van der Waals surface area contributed by atoms with Crippen molar-refractivity contribution in [3.05, 3.63) is 59.4 Å². The Morgan fingerprint density at radius 3 is 2.80 bits per heavy atom. The number of hydrogen-bond donors (Lipinski definition) is 1. The maximum absolute atomic E-state index is 13.6. The average Bonchev–Trinajstić information content (AvgIpc) is 2.49. The molecule has 2 aromatic carbocycles. The van der Waals surface area contributed by atoms with Crippen LogP contribution < -0.4 is 10.1 Å². The second-order valence-electron chi connectivity index (χ2n) is 4.13. The van der Waals surface area contributed by atoms with Gasteiger partial charge in [-0.15, -0.1) is 11.6 Å². The Labute approximate surface area is 121 Å². The number of amides is 1. The van der Waals surface area contributed by atoms with Crippen molar-refractivity contribution in [2.75, 3.05) is 12.4 Å². The summed E-state index contributed by atoms with van der Waals surface area (Å²) in [6, 6.07) is 11.0. The monoisotopic (exact) mass is 293 g/mol. The van der Waals surface area contributed by atoms with Gasteiger partial charge < -0.3 is 10.1 Å². The van der Waals surface area contributed by atoms with Gasteiger partial charge in [0.2, 0.25) is 0 Å². The number of alkyl halides is 1. The summed E-state index contributed by atoms with van der Waals surface area (Å²) in [4.78, 5) is 12.1. The highest BCUT2D eigenvalue weighted by Gasteiger charge is 2.10. The van der Waals surface area contributed by atoms with Gasteiger partial charge in [0.15, 0.2) is 0 Å². The maximum atomic E-state index is 13.6. The minimum atomic E-state index is -0.521. The zero-order chi connectivity index (χ0) is 14.5. The van der Waals surface area contributed by atoms with E-state index in [0.717, 1.165) is 5.56 Å². The topological polar surface area (TPSA) is 38.3 Å². The molecule has 2 rings (SSSR count). The highest BCUT2D eigenvalue weighted by Crippen LogP contribution is 2.22. The van der Waals surface area contributed by atoms with Crippen LogP contribution in [0.3, 0.4) is 0 Å². The van der Waals surface area contributed by atoms with Crippen LogP contribution in [-0.4, -0.2) is 13.0 Å². The molecule has 0 heterocycles. The molecular weight excluding hydrogens is 281 g/mol. The zero-order valence-corrected chi connectivity index (χ0v) is 11.6. The summed E-state index contributed by atoms with van der Waals surface area (Å²) in [5.41, 5.74) is 1.32. The molecule has 0 unspecified atom stereocenters. The van der Waals surface area contributed by atoms with Gasteiger partial charge in [-0.3, -0.25) is 4.79 Å². The first-order valence-electron chi connectivity index (χ1n) is 5.94. The third kappa shape index (κ3) is 3.27. The number of carbonyl (C=O) groups excluding carboxylic acids is 1. The normalized spacial score (nSPS) is 10.2. The van der Waals surface area contributed by atoms with Crippen LogP contribution in [0.25, 0.3) is 0 Å². The Morgan fingerprint density at radius 1 is 1.30 bits per heavy atom. The Balaban J connectivity index is 2.22. The van der Waals surface area contributed by atoms with Crippen LogP contribution in [0.15, 0.2) is 42.5 Å². The molecule has 0 atom stereocenters. The highest BCUT2D eigenvalue weighted by atomic mass is 35.5. The summed E-state index contributed by atoms with van der Waals surface area (Å²) in [5.74, 6) is -0.137. The lowest BCUT2D eigenvalue weighted by Gasteiger charge is -2.09. The first-order valence-corrected chi connectivity index (χ1v) is 6.47. The molecule has 0 radical (unpaired) electrons.